The third-order valence-corrected chi connectivity index (χ3v) is 8.56. The molecule has 2 saturated heterocycles. The molecule has 2 aliphatic rings. The maximum absolute atomic E-state index is 12.7. The minimum absolute atomic E-state index is 0.102. The van der Waals surface area contributed by atoms with Gasteiger partial charge in [-0.05, 0) is 24.3 Å². The van der Waals surface area contributed by atoms with Gasteiger partial charge in [-0.1, -0.05) is 6.07 Å². The van der Waals surface area contributed by atoms with E-state index in [1.54, 1.807) is 18.6 Å². The maximum atomic E-state index is 12.7. The number of rotatable bonds is 6. The number of pyridine rings is 1. The van der Waals surface area contributed by atoms with Crippen LogP contribution in [0.2, 0.25) is 0 Å². The molecule has 6 rings (SSSR count). The zero-order chi connectivity index (χ0) is 23.3. The molecule has 0 bridgehead atoms. The molecule has 0 atom stereocenters. The Hall–Kier alpha value is -3.66. The number of hydrogen-bond donors (Lipinski definition) is 1. The van der Waals surface area contributed by atoms with E-state index in [9.17, 15) is 13.7 Å². The van der Waals surface area contributed by atoms with Crippen LogP contribution in [0.4, 0.5) is 0 Å². The molecule has 0 amide bonds. The highest BCUT2D eigenvalue weighted by atomic mass is 32.2. The number of H-pyrrole nitrogens is 1. The Morgan fingerprint density at radius 3 is 2.79 bits per heavy atom. The molecule has 5 heterocycles. The van der Waals surface area contributed by atoms with Crippen molar-refractivity contribution in [3.05, 3.63) is 48.9 Å². The molecular formula is C22H20N8O3S. The van der Waals surface area contributed by atoms with Crippen molar-refractivity contribution < 1.29 is 13.2 Å². The minimum Gasteiger partial charge on any atom is -0.378 e. The van der Waals surface area contributed by atoms with Gasteiger partial charge in [0.1, 0.15) is 16.5 Å². The van der Waals surface area contributed by atoms with Crippen molar-refractivity contribution in [2.45, 2.75) is 17.2 Å². The van der Waals surface area contributed by atoms with Crippen LogP contribution in [0.1, 0.15) is 6.42 Å². The van der Waals surface area contributed by atoms with Crippen molar-refractivity contribution in [2.24, 2.45) is 0 Å². The van der Waals surface area contributed by atoms with Crippen molar-refractivity contribution >= 4 is 20.9 Å². The highest BCUT2D eigenvalue weighted by Crippen LogP contribution is 2.37. The third kappa shape index (κ3) is 3.20. The largest absolute Gasteiger partial charge is 0.378 e. The molecule has 1 aromatic carbocycles. The molecule has 0 radical (unpaired) electrons. The first kappa shape index (κ1) is 20.9. The fraction of sp³-hybridized carbons (Fsp3) is 0.318. The van der Waals surface area contributed by atoms with Crippen LogP contribution in [0.5, 0.6) is 0 Å². The summed E-state index contributed by atoms with van der Waals surface area (Å²) in [6.07, 6.45) is 5.17. The smallest absolute Gasteiger partial charge is 0.221 e. The van der Waals surface area contributed by atoms with Crippen LogP contribution >= 0.6 is 0 Å². The molecule has 12 heteroatoms. The lowest BCUT2D eigenvalue weighted by atomic mass is 9.90. The highest BCUT2D eigenvalue weighted by molar-refractivity contribution is 7.89. The molecule has 2 fully saturated rings. The molecule has 2 aliphatic heterocycles. The predicted octanol–water partition coefficient (Wildman–Crippen LogP) is 1.54. The molecule has 11 nitrogen and oxygen atoms in total. The first-order valence-electron chi connectivity index (χ1n) is 10.8. The molecule has 3 aromatic heterocycles. The van der Waals surface area contributed by atoms with Crippen molar-refractivity contribution in [1.29, 1.82) is 5.26 Å². The van der Waals surface area contributed by atoms with Crippen LogP contribution in [0.25, 0.3) is 33.4 Å². The van der Waals surface area contributed by atoms with E-state index in [4.69, 9.17) is 9.84 Å². The van der Waals surface area contributed by atoms with Gasteiger partial charge in [0.05, 0.1) is 43.1 Å². The zero-order valence-corrected chi connectivity index (χ0v) is 18.8. The quantitative estimate of drug-likeness (QED) is 0.441. The second-order valence-electron chi connectivity index (χ2n) is 8.62. The summed E-state index contributed by atoms with van der Waals surface area (Å²) in [6, 6.07) is 11.9. The van der Waals surface area contributed by atoms with Crippen molar-refractivity contribution in [2.75, 3.05) is 26.3 Å². The lowest BCUT2D eigenvalue weighted by Gasteiger charge is -2.48. The number of fused-ring (bicyclic) bond motifs is 1. The Kier molecular flexibility index (Phi) is 4.73. The summed E-state index contributed by atoms with van der Waals surface area (Å²) >= 11 is 0. The van der Waals surface area contributed by atoms with Gasteiger partial charge in [-0.25, -0.2) is 8.42 Å². The molecule has 172 valence electrons. The fourth-order valence-corrected chi connectivity index (χ4v) is 6.22. The second-order valence-corrected chi connectivity index (χ2v) is 10.8. The van der Waals surface area contributed by atoms with Crippen LogP contribution in [0, 0.1) is 11.3 Å². The summed E-state index contributed by atoms with van der Waals surface area (Å²) in [4.78, 5) is 6.00. The van der Waals surface area contributed by atoms with E-state index >= 15 is 0 Å². The van der Waals surface area contributed by atoms with E-state index < -0.39 is 20.8 Å². The number of nitrogens with one attached hydrogen (secondary N) is 1. The highest BCUT2D eigenvalue weighted by Gasteiger charge is 2.53. The maximum Gasteiger partial charge on any atom is 0.221 e. The van der Waals surface area contributed by atoms with Crippen LogP contribution in [-0.4, -0.2) is 74.5 Å². The van der Waals surface area contributed by atoms with Gasteiger partial charge in [0.2, 0.25) is 10.0 Å². The van der Waals surface area contributed by atoms with E-state index in [0.29, 0.717) is 5.69 Å². The molecule has 0 spiro atoms. The van der Waals surface area contributed by atoms with Gasteiger partial charge < -0.3 is 4.74 Å². The SMILES string of the molecule is N#CCC1(n2ncc(-c3cc(-c4ccn[nH]4)cc4ncccc34)n2)CN(S(=O)(=O)C2COC2)C1. The Morgan fingerprint density at radius 1 is 1.24 bits per heavy atom. The van der Waals surface area contributed by atoms with Crippen LogP contribution in [-0.2, 0) is 20.3 Å². The summed E-state index contributed by atoms with van der Waals surface area (Å²) in [7, 11) is -3.46. The summed E-state index contributed by atoms with van der Waals surface area (Å²) in [5, 5.41) is 26.1. The molecule has 0 aliphatic carbocycles. The van der Waals surface area contributed by atoms with E-state index in [2.05, 4.69) is 26.3 Å². The predicted molar refractivity (Wildman–Crippen MR) is 122 cm³/mol. The molecule has 1 N–H and O–H groups in total. The normalized spacial score (nSPS) is 18.3. The number of nitriles is 1. The van der Waals surface area contributed by atoms with Crippen molar-refractivity contribution in [1.82, 2.24) is 34.5 Å². The number of nitrogens with zero attached hydrogens (tertiary/aromatic N) is 7. The minimum atomic E-state index is -3.46. The van der Waals surface area contributed by atoms with Gasteiger partial charge >= 0.3 is 0 Å². The number of benzene rings is 1. The third-order valence-electron chi connectivity index (χ3n) is 6.46. The van der Waals surface area contributed by atoms with Gasteiger partial charge in [-0.15, -0.1) is 0 Å². The molecule has 34 heavy (non-hydrogen) atoms. The van der Waals surface area contributed by atoms with Gasteiger partial charge in [-0.2, -0.15) is 29.7 Å². The Labute approximate surface area is 195 Å². The van der Waals surface area contributed by atoms with Crippen LogP contribution in [0.15, 0.2) is 48.9 Å². The summed E-state index contributed by atoms with van der Waals surface area (Å²) < 4.78 is 31.9. The van der Waals surface area contributed by atoms with E-state index in [1.807, 2.05) is 30.3 Å². The van der Waals surface area contributed by atoms with Gasteiger partial charge in [0.25, 0.3) is 0 Å². The summed E-state index contributed by atoms with van der Waals surface area (Å²) in [5.41, 5.74) is 3.20. The van der Waals surface area contributed by atoms with Gasteiger partial charge in [-0.3, -0.25) is 10.1 Å². The number of sulfonamides is 1. The lowest BCUT2D eigenvalue weighted by molar-refractivity contribution is 0.0247. The number of hydrogen-bond acceptors (Lipinski definition) is 8. The Morgan fingerprint density at radius 2 is 2.09 bits per heavy atom. The van der Waals surface area contributed by atoms with Gasteiger partial charge in [0.15, 0.2) is 0 Å². The summed E-state index contributed by atoms with van der Waals surface area (Å²) in [5.74, 6) is 0. The van der Waals surface area contributed by atoms with E-state index in [0.717, 1.165) is 27.7 Å². The fourth-order valence-electron chi connectivity index (χ4n) is 4.42. The summed E-state index contributed by atoms with van der Waals surface area (Å²) in [6.45, 7) is 0.734. The standard InChI is InChI=1S/C22H20N8O3S/c23-5-4-22(13-29(14-22)34(31,32)16-11-33-12-16)30-26-10-21(28-30)18-8-15(19-3-7-25-27-19)9-20-17(18)2-1-6-24-20/h1-3,6-10,16H,4,11-14H2,(H,25,27). The molecule has 4 aromatic rings. The average Bonchev–Trinajstić information content (AvgIpc) is 3.46. The zero-order valence-electron chi connectivity index (χ0n) is 18.0. The van der Waals surface area contributed by atoms with Crippen molar-refractivity contribution in [3.8, 4) is 28.6 Å². The monoisotopic (exact) mass is 476 g/mol. The number of aromatic nitrogens is 6. The lowest BCUT2D eigenvalue weighted by Crippen LogP contribution is -2.67. The molecular weight excluding hydrogens is 456 g/mol. The Balaban J connectivity index is 1.37. The van der Waals surface area contributed by atoms with Crippen LogP contribution in [0.3, 0.4) is 0 Å². The molecule has 0 unspecified atom stereocenters. The van der Waals surface area contributed by atoms with Crippen molar-refractivity contribution in [3.63, 3.8) is 0 Å². The Bertz CT molecular complexity index is 1510. The first-order chi connectivity index (χ1) is 16.5. The topological polar surface area (TPSA) is 143 Å². The van der Waals surface area contributed by atoms with E-state index in [1.165, 1.54) is 9.10 Å². The number of aromatic amines is 1. The second kappa shape index (κ2) is 7.69. The van der Waals surface area contributed by atoms with Gasteiger partial charge in [0, 0.05) is 42.0 Å². The first-order valence-corrected chi connectivity index (χ1v) is 12.3. The molecule has 0 saturated carbocycles. The van der Waals surface area contributed by atoms with E-state index in [-0.39, 0.29) is 32.7 Å². The van der Waals surface area contributed by atoms with Crippen LogP contribution < -0.4 is 0 Å². The average molecular weight is 477 g/mol. The number of ether oxygens (including phenoxy) is 1.